The van der Waals surface area contributed by atoms with E-state index in [4.69, 9.17) is 9.47 Å². The summed E-state index contributed by atoms with van der Waals surface area (Å²) in [7, 11) is 0. The van der Waals surface area contributed by atoms with E-state index in [1.165, 1.54) is 11.1 Å². The molecule has 1 saturated carbocycles. The molecule has 2 heterocycles. The number of likely N-dealkylation sites (tertiary alicyclic amines) is 1. The minimum absolute atomic E-state index is 0.0261. The lowest BCUT2D eigenvalue weighted by atomic mass is 9.58. The number of hydrogen-bond donors (Lipinski definition) is 1. The van der Waals surface area contributed by atoms with Crippen LogP contribution in [0.4, 0.5) is 0 Å². The van der Waals surface area contributed by atoms with Crippen molar-refractivity contribution >= 4 is 0 Å². The molecule has 2 aliphatic heterocycles. The maximum absolute atomic E-state index is 10.3. The average Bonchev–Trinajstić information content (AvgIpc) is 3.03. The molecular weight excluding hydrogens is 290 g/mol. The number of fused-ring (bicyclic) bond motifs is 1. The van der Waals surface area contributed by atoms with Crippen molar-refractivity contribution in [2.45, 2.75) is 51.4 Å². The third-order valence-electron chi connectivity index (χ3n) is 6.06. The number of benzene rings is 1. The van der Waals surface area contributed by atoms with Crippen LogP contribution in [0.5, 0.6) is 5.75 Å². The Morgan fingerprint density at radius 3 is 2.91 bits per heavy atom. The van der Waals surface area contributed by atoms with Crippen molar-refractivity contribution in [1.82, 2.24) is 4.90 Å². The van der Waals surface area contributed by atoms with Gasteiger partial charge in [0.2, 0.25) is 0 Å². The van der Waals surface area contributed by atoms with E-state index in [-0.39, 0.29) is 17.6 Å². The molecule has 4 rings (SSSR count). The van der Waals surface area contributed by atoms with E-state index in [1.54, 1.807) is 0 Å². The van der Waals surface area contributed by atoms with Crippen LogP contribution >= 0.6 is 0 Å². The Morgan fingerprint density at radius 1 is 1.35 bits per heavy atom. The molecule has 126 valence electrons. The monoisotopic (exact) mass is 317 g/mol. The van der Waals surface area contributed by atoms with Gasteiger partial charge < -0.3 is 14.6 Å². The summed E-state index contributed by atoms with van der Waals surface area (Å²) in [6.07, 6.45) is 4.05. The Labute approximate surface area is 138 Å². The first-order valence-corrected chi connectivity index (χ1v) is 8.98. The van der Waals surface area contributed by atoms with Crippen LogP contribution in [0.2, 0.25) is 0 Å². The van der Waals surface area contributed by atoms with Crippen LogP contribution in [0.3, 0.4) is 0 Å². The van der Waals surface area contributed by atoms with Gasteiger partial charge in [-0.1, -0.05) is 12.1 Å². The van der Waals surface area contributed by atoms with Crippen molar-refractivity contribution in [3.8, 4) is 5.75 Å². The first kappa shape index (κ1) is 15.4. The van der Waals surface area contributed by atoms with Gasteiger partial charge in [0.25, 0.3) is 0 Å². The molecule has 0 aromatic heterocycles. The predicted octanol–water partition coefficient (Wildman–Crippen LogP) is 2.37. The van der Waals surface area contributed by atoms with Crippen molar-refractivity contribution < 1.29 is 14.6 Å². The van der Waals surface area contributed by atoms with Gasteiger partial charge in [-0.3, -0.25) is 4.90 Å². The van der Waals surface area contributed by atoms with Crippen molar-refractivity contribution in [1.29, 1.82) is 0 Å². The van der Waals surface area contributed by atoms with Crippen LogP contribution in [0.15, 0.2) is 18.2 Å². The minimum atomic E-state index is -0.168. The van der Waals surface area contributed by atoms with Crippen LogP contribution in [-0.2, 0) is 17.7 Å². The van der Waals surface area contributed by atoms with E-state index in [2.05, 4.69) is 23.1 Å². The second-order valence-corrected chi connectivity index (χ2v) is 7.25. The Morgan fingerprint density at radius 2 is 2.17 bits per heavy atom. The van der Waals surface area contributed by atoms with Gasteiger partial charge in [-0.15, -0.1) is 0 Å². The molecule has 1 aromatic carbocycles. The zero-order valence-electron chi connectivity index (χ0n) is 14.0. The van der Waals surface area contributed by atoms with Crippen molar-refractivity contribution in [3.63, 3.8) is 0 Å². The second kappa shape index (κ2) is 6.08. The van der Waals surface area contributed by atoms with Gasteiger partial charge in [0.1, 0.15) is 5.75 Å². The lowest BCUT2D eigenvalue weighted by molar-refractivity contribution is -0.209. The molecule has 1 saturated heterocycles. The quantitative estimate of drug-likeness (QED) is 0.926. The fourth-order valence-electron chi connectivity index (χ4n) is 4.54. The van der Waals surface area contributed by atoms with Gasteiger partial charge in [-0.25, -0.2) is 0 Å². The van der Waals surface area contributed by atoms with Gasteiger partial charge in [0.15, 0.2) is 0 Å². The largest absolute Gasteiger partial charge is 0.493 e. The average molecular weight is 317 g/mol. The maximum Gasteiger partial charge on any atom is 0.122 e. The Kier molecular flexibility index (Phi) is 4.08. The minimum Gasteiger partial charge on any atom is -0.493 e. The van der Waals surface area contributed by atoms with Gasteiger partial charge >= 0.3 is 0 Å². The molecule has 2 unspecified atom stereocenters. The third-order valence-corrected chi connectivity index (χ3v) is 6.06. The molecule has 1 aliphatic carbocycles. The number of ether oxygens (including phenoxy) is 2. The molecule has 2 atom stereocenters. The van der Waals surface area contributed by atoms with Gasteiger partial charge in [0.05, 0.1) is 18.8 Å². The van der Waals surface area contributed by atoms with Gasteiger partial charge in [0, 0.05) is 31.4 Å². The third kappa shape index (κ3) is 2.67. The molecule has 23 heavy (non-hydrogen) atoms. The first-order chi connectivity index (χ1) is 11.2. The number of nitrogens with zero attached hydrogens (tertiary/aromatic N) is 1. The molecule has 2 fully saturated rings. The number of aliphatic hydroxyl groups is 1. The highest BCUT2D eigenvalue weighted by Crippen LogP contribution is 2.51. The first-order valence-electron chi connectivity index (χ1n) is 8.98. The molecule has 1 aromatic rings. The summed E-state index contributed by atoms with van der Waals surface area (Å²) in [6, 6.07) is 6.60. The molecule has 0 radical (unpaired) electrons. The summed E-state index contributed by atoms with van der Waals surface area (Å²) in [5.74, 6) is 1.06. The zero-order chi connectivity index (χ0) is 15.9. The van der Waals surface area contributed by atoms with E-state index >= 15 is 0 Å². The van der Waals surface area contributed by atoms with Crippen LogP contribution < -0.4 is 4.74 Å². The van der Waals surface area contributed by atoms with Crippen molar-refractivity contribution in [2.24, 2.45) is 5.41 Å². The van der Waals surface area contributed by atoms with E-state index in [0.717, 1.165) is 64.3 Å². The normalized spacial score (nSPS) is 29.1. The summed E-state index contributed by atoms with van der Waals surface area (Å²) in [4.78, 5) is 2.51. The van der Waals surface area contributed by atoms with Gasteiger partial charge in [-0.2, -0.15) is 0 Å². The molecule has 0 amide bonds. The number of piperidine rings is 1. The predicted molar refractivity (Wildman–Crippen MR) is 88.6 cm³/mol. The fourth-order valence-corrected chi connectivity index (χ4v) is 4.54. The van der Waals surface area contributed by atoms with Crippen LogP contribution in [0.25, 0.3) is 0 Å². The highest BCUT2D eigenvalue weighted by atomic mass is 16.5. The zero-order valence-corrected chi connectivity index (χ0v) is 14.0. The highest BCUT2D eigenvalue weighted by Gasteiger charge is 2.55. The van der Waals surface area contributed by atoms with Crippen molar-refractivity contribution in [3.05, 3.63) is 29.3 Å². The summed E-state index contributed by atoms with van der Waals surface area (Å²) in [6.45, 7) is 6.72. The standard InChI is InChI=1S/C19H27NO3/c1-2-22-18-12-17(21)19(18)6-8-20(9-7-19)13-14-3-4-16-15(11-14)5-10-23-16/h3-4,11,17-18,21H,2,5-10,12-13H2,1H3. The summed E-state index contributed by atoms with van der Waals surface area (Å²) < 4.78 is 11.4. The van der Waals surface area contributed by atoms with Crippen molar-refractivity contribution in [2.75, 3.05) is 26.3 Å². The number of hydrogen-bond acceptors (Lipinski definition) is 4. The molecule has 4 heteroatoms. The van der Waals surface area contributed by atoms with E-state index in [0.29, 0.717) is 0 Å². The summed E-state index contributed by atoms with van der Waals surface area (Å²) in [5.41, 5.74) is 2.75. The second-order valence-electron chi connectivity index (χ2n) is 7.25. The van der Waals surface area contributed by atoms with Gasteiger partial charge in [-0.05, 0) is 50.0 Å². The van der Waals surface area contributed by atoms with Crippen LogP contribution in [0, 0.1) is 5.41 Å². The van der Waals surface area contributed by atoms with E-state index in [1.807, 2.05) is 6.92 Å². The number of aliphatic hydroxyl groups excluding tert-OH is 1. The summed E-state index contributed by atoms with van der Waals surface area (Å²) >= 11 is 0. The maximum atomic E-state index is 10.3. The Balaban J connectivity index is 1.36. The number of rotatable bonds is 4. The lowest BCUT2D eigenvalue weighted by Crippen LogP contribution is -2.62. The lowest BCUT2D eigenvalue weighted by Gasteiger charge is -2.56. The van der Waals surface area contributed by atoms with Crippen LogP contribution in [0.1, 0.15) is 37.3 Å². The van der Waals surface area contributed by atoms with E-state index in [9.17, 15) is 5.11 Å². The summed E-state index contributed by atoms with van der Waals surface area (Å²) in [5, 5.41) is 10.3. The molecule has 0 bridgehead atoms. The van der Waals surface area contributed by atoms with Crippen LogP contribution in [-0.4, -0.2) is 48.5 Å². The Bertz CT molecular complexity index is 564. The Hall–Kier alpha value is -1.10. The SMILES string of the molecule is CCOC1CC(O)C12CCN(Cc1ccc3c(c1)CCO3)CC2. The molecule has 4 nitrogen and oxygen atoms in total. The van der Waals surface area contributed by atoms with E-state index < -0.39 is 0 Å². The topological polar surface area (TPSA) is 41.9 Å². The highest BCUT2D eigenvalue weighted by molar-refractivity contribution is 5.39. The molecule has 1 N–H and O–H groups in total. The molecular formula is C19H27NO3. The molecule has 1 spiro atoms. The smallest absolute Gasteiger partial charge is 0.122 e. The molecule has 3 aliphatic rings. The fraction of sp³-hybridized carbons (Fsp3) is 0.684.